The summed E-state index contributed by atoms with van der Waals surface area (Å²) >= 11 is 0. The Balaban J connectivity index is 3.08. The number of carbonyl (C=O) groups excluding carboxylic acids is 1. The molecule has 1 aromatic rings. The fourth-order valence-electron chi connectivity index (χ4n) is 2.64. The molecule has 1 unspecified atom stereocenters. The Hall–Kier alpha value is -2.28. The molecule has 0 bridgehead atoms. The first-order chi connectivity index (χ1) is 13.0. The van der Waals surface area contributed by atoms with Gasteiger partial charge in [0.25, 0.3) is 0 Å². The van der Waals surface area contributed by atoms with Crippen LogP contribution >= 0.6 is 0 Å². The topological polar surface area (TPSA) is 119 Å². The maximum atomic E-state index is 12.7. The minimum atomic E-state index is -1.17. The Morgan fingerprint density at radius 3 is 2.33 bits per heavy atom. The summed E-state index contributed by atoms with van der Waals surface area (Å²) in [4.78, 5) is 24.3. The van der Waals surface area contributed by atoms with Gasteiger partial charge in [-0.25, -0.2) is 0 Å². The number of phenolic OH excluding ortho intramolecular Hbond substituents is 1. The van der Waals surface area contributed by atoms with Gasteiger partial charge in [0.1, 0.15) is 5.92 Å². The Bertz CT molecular complexity index is 617. The number of phenols is 1. The standard InChI is InChI=1S/C20H31NO6/c1-3-10-26-17-13-14(12-16(22)19(17)27-11-4-2)18(23)15(20(24)25)8-6-5-7-9-21/h12-13,15,22H,3-11,21H2,1-2H3,(H,24,25). The van der Waals surface area contributed by atoms with Gasteiger partial charge in [0.2, 0.25) is 5.75 Å². The summed E-state index contributed by atoms with van der Waals surface area (Å²) < 4.78 is 11.1. The van der Waals surface area contributed by atoms with E-state index in [0.717, 1.165) is 25.7 Å². The van der Waals surface area contributed by atoms with E-state index in [0.29, 0.717) is 26.2 Å². The predicted molar refractivity (Wildman–Crippen MR) is 103 cm³/mol. The highest BCUT2D eigenvalue weighted by molar-refractivity contribution is 6.08. The number of rotatable bonds is 14. The maximum Gasteiger partial charge on any atom is 0.314 e. The average Bonchev–Trinajstić information content (AvgIpc) is 2.64. The van der Waals surface area contributed by atoms with Crippen LogP contribution in [0, 0.1) is 5.92 Å². The molecule has 27 heavy (non-hydrogen) atoms. The minimum absolute atomic E-state index is 0.105. The molecule has 7 heteroatoms. The highest BCUT2D eigenvalue weighted by Crippen LogP contribution is 2.39. The van der Waals surface area contributed by atoms with Crippen LogP contribution in [-0.4, -0.2) is 41.7 Å². The fourth-order valence-corrected chi connectivity index (χ4v) is 2.64. The Morgan fingerprint density at radius 2 is 1.74 bits per heavy atom. The molecule has 1 atom stereocenters. The third-order valence-corrected chi connectivity index (χ3v) is 4.04. The molecule has 0 heterocycles. The van der Waals surface area contributed by atoms with Crippen molar-refractivity contribution in [2.24, 2.45) is 11.7 Å². The van der Waals surface area contributed by atoms with Crippen LogP contribution in [0.25, 0.3) is 0 Å². The number of carboxylic acid groups (broad SMARTS) is 1. The van der Waals surface area contributed by atoms with Crippen molar-refractivity contribution in [3.63, 3.8) is 0 Å². The highest BCUT2D eigenvalue weighted by Gasteiger charge is 2.28. The van der Waals surface area contributed by atoms with Crippen LogP contribution in [-0.2, 0) is 4.79 Å². The molecule has 0 aliphatic carbocycles. The van der Waals surface area contributed by atoms with E-state index in [-0.39, 0.29) is 29.2 Å². The van der Waals surface area contributed by atoms with Gasteiger partial charge >= 0.3 is 5.97 Å². The highest BCUT2D eigenvalue weighted by atomic mass is 16.5. The van der Waals surface area contributed by atoms with E-state index in [1.807, 2.05) is 13.8 Å². The number of aromatic hydroxyl groups is 1. The zero-order chi connectivity index (χ0) is 20.2. The van der Waals surface area contributed by atoms with Crippen LogP contribution in [0.3, 0.4) is 0 Å². The van der Waals surface area contributed by atoms with E-state index in [1.165, 1.54) is 12.1 Å². The molecule has 1 aromatic carbocycles. The molecule has 0 aliphatic heterocycles. The quantitative estimate of drug-likeness (QED) is 0.257. The number of benzene rings is 1. The molecule has 0 radical (unpaired) electrons. The molecule has 0 saturated carbocycles. The van der Waals surface area contributed by atoms with Crippen molar-refractivity contribution in [2.45, 2.75) is 52.4 Å². The number of nitrogens with two attached hydrogens (primary N) is 1. The summed E-state index contributed by atoms with van der Waals surface area (Å²) in [6.45, 7) is 5.19. The molecule has 7 nitrogen and oxygen atoms in total. The number of aliphatic carboxylic acids is 1. The third-order valence-electron chi connectivity index (χ3n) is 4.04. The van der Waals surface area contributed by atoms with Crippen molar-refractivity contribution in [1.82, 2.24) is 0 Å². The zero-order valence-corrected chi connectivity index (χ0v) is 16.2. The number of ether oxygens (including phenoxy) is 2. The van der Waals surface area contributed by atoms with Crippen molar-refractivity contribution >= 4 is 11.8 Å². The normalized spacial score (nSPS) is 11.8. The van der Waals surface area contributed by atoms with Gasteiger partial charge in [-0.15, -0.1) is 0 Å². The van der Waals surface area contributed by atoms with Crippen LogP contribution in [0.5, 0.6) is 17.2 Å². The third kappa shape index (κ3) is 7.09. The van der Waals surface area contributed by atoms with E-state index in [4.69, 9.17) is 15.2 Å². The molecule has 1 rings (SSSR count). The van der Waals surface area contributed by atoms with Crippen LogP contribution in [0.4, 0.5) is 0 Å². The predicted octanol–water partition coefficient (Wildman–Crippen LogP) is 3.37. The van der Waals surface area contributed by atoms with Crippen molar-refractivity contribution < 1.29 is 29.3 Å². The molecule has 0 amide bonds. The minimum Gasteiger partial charge on any atom is -0.504 e. The first-order valence-corrected chi connectivity index (χ1v) is 9.55. The number of Topliss-reactive ketones (excluding diaryl/α,β-unsaturated/α-hetero) is 1. The molecule has 152 valence electrons. The zero-order valence-electron chi connectivity index (χ0n) is 16.2. The summed E-state index contributed by atoms with van der Waals surface area (Å²) in [6, 6.07) is 2.71. The molecule has 0 saturated heterocycles. The number of unbranched alkanes of at least 4 members (excludes halogenated alkanes) is 2. The summed E-state index contributed by atoms with van der Waals surface area (Å²) in [5.41, 5.74) is 5.55. The van der Waals surface area contributed by atoms with E-state index < -0.39 is 17.7 Å². The number of ketones is 1. The first kappa shape index (κ1) is 22.8. The van der Waals surface area contributed by atoms with E-state index in [1.54, 1.807) is 0 Å². The second-order valence-electron chi connectivity index (χ2n) is 6.41. The lowest BCUT2D eigenvalue weighted by Crippen LogP contribution is -2.24. The second kappa shape index (κ2) is 12.2. The molecule has 0 aliphatic rings. The monoisotopic (exact) mass is 381 g/mol. The number of carbonyl (C=O) groups is 2. The molecule has 0 aromatic heterocycles. The lowest BCUT2D eigenvalue weighted by Gasteiger charge is -2.16. The van der Waals surface area contributed by atoms with Crippen LogP contribution in [0.2, 0.25) is 0 Å². The molecule has 0 spiro atoms. The average molecular weight is 381 g/mol. The first-order valence-electron chi connectivity index (χ1n) is 9.55. The van der Waals surface area contributed by atoms with Crippen LogP contribution in [0.1, 0.15) is 62.7 Å². The number of hydrogen-bond acceptors (Lipinski definition) is 6. The maximum absolute atomic E-state index is 12.7. The van der Waals surface area contributed by atoms with Crippen molar-refractivity contribution in [3.8, 4) is 17.2 Å². The molecular weight excluding hydrogens is 350 g/mol. The summed E-state index contributed by atoms with van der Waals surface area (Å²) in [5, 5.41) is 19.7. The van der Waals surface area contributed by atoms with Crippen molar-refractivity contribution in [1.29, 1.82) is 0 Å². The van der Waals surface area contributed by atoms with E-state index >= 15 is 0 Å². The van der Waals surface area contributed by atoms with E-state index in [9.17, 15) is 19.8 Å². The Morgan fingerprint density at radius 1 is 1.07 bits per heavy atom. The van der Waals surface area contributed by atoms with Crippen LogP contribution in [0.15, 0.2) is 12.1 Å². The lowest BCUT2D eigenvalue weighted by atomic mass is 9.92. The molecular formula is C20H31NO6. The molecule has 4 N–H and O–H groups in total. The Kier molecular flexibility index (Phi) is 10.3. The van der Waals surface area contributed by atoms with Gasteiger partial charge in [0.05, 0.1) is 13.2 Å². The smallest absolute Gasteiger partial charge is 0.314 e. The van der Waals surface area contributed by atoms with Gasteiger partial charge < -0.3 is 25.4 Å². The summed E-state index contributed by atoms with van der Waals surface area (Å²) in [5.74, 6) is -2.68. The Labute approximate surface area is 160 Å². The van der Waals surface area contributed by atoms with Gasteiger partial charge in [-0.3, -0.25) is 9.59 Å². The van der Waals surface area contributed by atoms with Gasteiger partial charge in [-0.1, -0.05) is 26.7 Å². The van der Waals surface area contributed by atoms with Gasteiger partial charge in [0, 0.05) is 5.56 Å². The van der Waals surface area contributed by atoms with Crippen LogP contribution < -0.4 is 15.2 Å². The number of carboxylic acids is 1. The van der Waals surface area contributed by atoms with Crippen molar-refractivity contribution in [3.05, 3.63) is 17.7 Å². The second-order valence-corrected chi connectivity index (χ2v) is 6.41. The summed E-state index contributed by atoms with van der Waals surface area (Å²) in [6.07, 6.45) is 3.88. The van der Waals surface area contributed by atoms with Gasteiger partial charge in [-0.2, -0.15) is 0 Å². The van der Waals surface area contributed by atoms with Gasteiger partial charge in [-0.05, 0) is 44.4 Å². The fraction of sp³-hybridized carbons (Fsp3) is 0.600. The van der Waals surface area contributed by atoms with Gasteiger partial charge in [0.15, 0.2) is 17.3 Å². The largest absolute Gasteiger partial charge is 0.504 e. The van der Waals surface area contributed by atoms with E-state index in [2.05, 4.69) is 0 Å². The summed E-state index contributed by atoms with van der Waals surface area (Å²) in [7, 11) is 0. The molecule has 0 fully saturated rings. The van der Waals surface area contributed by atoms with Crippen molar-refractivity contribution in [2.75, 3.05) is 19.8 Å². The SMILES string of the molecule is CCCOc1cc(C(=O)C(CCCCCN)C(=O)O)cc(O)c1OCCC. The number of hydrogen-bond donors (Lipinski definition) is 3. The lowest BCUT2D eigenvalue weighted by molar-refractivity contribution is -0.140.